The highest BCUT2D eigenvalue weighted by atomic mass is 16.5. The van der Waals surface area contributed by atoms with E-state index in [1.54, 1.807) is 18.2 Å². The predicted molar refractivity (Wildman–Crippen MR) is 89.1 cm³/mol. The normalized spacial score (nSPS) is 11.1. The third kappa shape index (κ3) is 4.45. The lowest BCUT2D eigenvalue weighted by molar-refractivity contribution is 0.0697. The maximum atomic E-state index is 10.9. The molecule has 0 fully saturated rings. The number of carboxylic acid groups (broad SMARTS) is 1. The zero-order valence-electron chi connectivity index (χ0n) is 13.0. The first-order chi connectivity index (χ1) is 11.0. The van der Waals surface area contributed by atoms with Crippen LogP contribution >= 0.6 is 0 Å². The summed E-state index contributed by atoms with van der Waals surface area (Å²) in [7, 11) is 0. The Morgan fingerprint density at radius 1 is 1.09 bits per heavy atom. The van der Waals surface area contributed by atoms with Gasteiger partial charge in [0.05, 0.1) is 23.3 Å². The molecule has 23 heavy (non-hydrogen) atoms. The molecule has 0 atom stereocenters. The maximum Gasteiger partial charge on any atom is 0.335 e. The van der Waals surface area contributed by atoms with E-state index in [1.165, 1.54) is 12.1 Å². The molecule has 0 amide bonds. The molecule has 0 radical (unpaired) electrons. The zero-order chi connectivity index (χ0) is 16.8. The fourth-order valence-electron chi connectivity index (χ4n) is 2.05. The quantitative estimate of drug-likeness (QED) is 0.662. The molecule has 0 unspecified atom stereocenters. The Balaban J connectivity index is 2.24. The van der Waals surface area contributed by atoms with Crippen LogP contribution in [-0.2, 0) is 0 Å². The van der Waals surface area contributed by atoms with Gasteiger partial charge in [-0.2, -0.15) is 5.26 Å². The zero-order valence-corrected chi connectivity index (χ0v) is 13.0. The van der Waals surface area contributed by atoms with Crippen LogP contribution in [0.2, 0.25) is 0 Å². The number of carbonyl (C=O) groups is 1. The number of nitriles is 1. The van der Waals surface area contributed by atoms with E-state index < -0.39 is 5.97 Å². The Morgan fingerprint density at radius 2 is 1.65 bits per heavy atom. The first-order valence-corrected chi connectivity index (χ1v) is 7.22. The average Bonchev–Trinajstić information content (AvgIpc) is 2.53. The van der Waals surface area contributed by atoms with E-state index in [-0.39, 0.29) is 11.7 Å². The van der Waals surface area contributed by atoms with Crippen LogP contribution in [0.25, 0.3) is 11.6 Å². The minimum atomic E-state index is -0.986. The van der Waals surface area contributed by atoms with E-state index >= 15 is 0 Å². The number of carboxylic acids is 1. The van der Waals surface area contributed by atoms with Gasteiger partial charge in [-0.15, -0.1) is 0 Å². The van der Waals surface area contributed by atoms with Crippen molar-refractivity contribution in [3.8, 4) is 11.8 Å². The summed E-state index contributed by atoms with van der Waals surface area (Å²) in [6.45, 7) is 3.92. The molecule has 0 spiro atoms. The van der Waals surface area contributed by atoms with Crippen LogP contribution in [0.3, 0.4) is 0 Å². The van der Waals surface area contributed by atoms with Gasteiger partial charge in [0, 0.05) is 0 Å². The van der Waals surface area contributed by atoms with Crippen LogP contribution in [0, 0.1) is 11.3 Å². The van der Waals surface area contributed by atoms with Crippen LogP contribution in [0.15, 0.2) is 48.5 Å². The molecule has 0 aliphatic rings. The van der Waals surface area contributed by atoms with E-state index in [0.717, 1.165) is 11.3 Å². The van der Waals surface area contributed by atoms with Gasteiger partial charge in [0.25, 0.3) is 0 Å². The fourth-order valence-corrected chi connectivity index (χ4v) is 2.05. The molecule has 0 aliphatic heterocycles. The molecule has 0 heterocycles. The van der Waals surface area contributed by atoms with E-state index in [9.17, 15) is 10.1 Å². The number of allylic oxidation sites excluding steroid dienone is 1. The van der Waals surface area contributed by atoms with Gasteiger partial charge < -0.3 is 9.84 Å². The lowest BCUT2D eigenvalue weighted by atomic mass is 10.0. The first-order valence-electron chi connectivity index (χ1n) is 7.22. The predicted octanol–water partition coefficient (Wildman–Crippen LogP) is 4.24. The van der Waals surface area contributed by atoms with Crippen molar-refractivity contribution in [3.63, 3.8) is 0 Å². The Kier molecular flexibility index (Phi) is 5.16. The topological polar surface area (TPSA) is 70.3 Å². The second-order valence-electron chi connectivity index (χ2n) is 5.29. The Hall–Kier alpha value is -3.06. The highest BCUT2D eigenvalue weighted by Gasteiger charge is 2.05. The third-order valence-electron chi connectivity index (χ3n) is 3.13. The summed E-state index contributed by atoms with van der Waals surface area (Å²) in [6, 6.07) is 15.9. The summed E-state index contributed by atoms with van der Waals surface area (Å²) >= 11 is 0. The SMILES string of the molecule is CC(C)Oc1ccc(/C=C(\C#N)c2ccc(C(=O)O)cc2)cc1. The second-order valence-corrected chi connectivity index (χ2v) is 5.29. The number of rotatable bonds is 5. The molecule has 4 nitrogen and oxygen atoms in total. The van der Waals surface area contributed by atoms with Gasteiger partial charge >= 0.3 is 5.97 Å². The van der Waals surface area contributed by atoms with E-state index in [2.05, 4.69) is 6.07 Å². The van der Waals surface area contributed by atoms with Crippen molar-refractivity contribution in [2.75, 3.05) is 0 Å². The van der Waals surface area contributed by atoms with Crippen molar-refractivity contribution < 1.29 is 14.6 Å². The van der Waals surface area contributed by atoms with Crippen LogP contribution in [0.5, 0.6) is 5.75 Å². The van der Waals surface area contributed by atoms with Gasteiger partial charge in [0.2, 0.25) is 0 Å². The van der Waals surface area contributed by atoms with Crippen molar-refractivity contribution >= 4 is 17.6 Å². The number of aromatic carboxylic acids is 1. The number of hydrogen-bond donors (Lipinski definition) is 1. The molecular formula is C19H17NO3. The third-order valence-corrected chi connectivity index (χ3v) is 3.13. The molecule has 0 aromatic heterocycles. The standard InChI is InChI=1S/C19H17NO3/c1-13(2)23-18-9-3-14(4-10-18)11-17(12-20)15-5-7-16(8-6-15)19(21)22/h3-11,13H,1-2H3,(H,21,22)/b17-11+. The largest absolute Gasteiger partial charge is 0.491 e. The van der Waals surface area contributed by atoms with Crippen molar-refractivity contribution in [1.29, 1.82) is 5.26 Å². The smallest absolute Gasteiger partial charge is 0.335 e. The first kappa shape index (κ1) is 16.3. The summed E-state index contributed by atoms with van der Waals surface area (Å²) in [5.41, 5.74) is 2.22. The summed E-state index contributed by atoms with van der Waals surface area (Å²) in [5.74, 6) is -0.207. The van der Waals surface area contributed by atoms with Crippen molar-refractivity contribution in [2.24, 2.45) is 0 Å². The van der Waals surface area contributed by atoms with Crippen LogP contribution in [0.4, 0.5) is 0 Å². The van der Waals surface area contributed by atoms with Crippen LogP contribution in [-0.4, -0.2) is 17.2 Å². The van der Waals surface area contributed by atoms with Crippen molar-refractivity contribution in [2.45, 2.75) is 20.0 Å². The molecule has 0 aliphatic carbocycles. The van der Waals surface area contributed by atoms with Gasteiger partial charge in [-0.3, -0.25) is 0 Å². The molecule has 4 heteroatoms. The number of benzene rings is 2. The summed E-state index contributed by atoms with van der Waals surface area (Å²) in [6.07, 6.45) is 1.87. The monoisotopic (exact) mass is 307 g/mol. The molecule has 116 valence electrons. The Bertz CT molecular complexity index is 751. The Morgan fingerprint density at radius 3 is 2.13 bits per heavy atom. The van der Waals surface area contributed by atoms with Gasteiger partial charge in [-0.1, -0.05) is 24.3 Å². The van der Waals surface area contributed by atoms with Crippen molar-refractivity contribution in [1.82, 2.24) is 0 Å². The molecule has 2 aromatic carbocycles. The molecule has 1 N–H and O–H groups in total. The number of nitrogens with zero attached hydrogens (tertiary/aromatic N) is 1. The molecule has 0 bridgehead atoms. The minimum Gasteiger partial charge on any atom is -0.491 e. The minimum absolute atomic E-state index is 0.110. The molecule has 2 aromatic rings. The summed E-state index contributed by atoms with van der Waals surface area (Å²) < 4.78 is 5.58. The van der Waals surface area contributed by atoms with E-state index in [0.29, 0.717) is 11.1 Å². The van der Waals surface area contributed by atoms with E-state index in [1.807, 2.05) is 38.1 Å². The van der Waals surface area contributed by atoms with Gasteiger partial charge in [-0.05, 0) is 55.3 Å². The molecule has 0 saturated heterocycles. The lowest BCUT2D eigenvalue weighted by Gasteiger charge is -2.09. The van der Waals surface area contributed by atoms with Crippen LogP contribution in [0.1, 0.15) is 35.3 Å². The molecule has 2 rings (SSSR count). The van der Waals surface area contributed by atoms with Crippen LogP contribution < -0.4 is 4.74 Å². The maximum absolute atomic E-state index is 10.9. The summed E-state index contributed by atoms with van der Waals surface area (Å²) in [5, 5.41) is 18.2. The van der Waals surface area contributed by atoms with Gasteiger partial charge in [-0.25, -0.2) is 4.79 Å². The Labute approximate surface area is 135 Å². The highest BCUT2D eigenvalue weighted by Crippen LogP contribution is 2.20. The van der Waals surface area contributed by atoms with Gasteiger partial charge in [0.15, 0.2) is 0 Å². The number of ether oxygens (including phenoxy) is 1. The van der Waals surface area contributed by atoms with Gasteiger partial charge in [0.1, 0.15) is 5.75 Å². The fraction of sp³-hybridized carbons (Fsp3) is 0.158. The average molecular weight is 307 g/mol. The lowest BCUT2D eigenvalue weighted by Crippen LogP contribution is -2.05. The number of hydrogen-bond acceptors (Lipinski definition) is 3. The second kappa shape index (κ2) is 7.28. The molecular weight excluding hydrogens is 290 g/mol. The van der Waals surface area contributed by atoms with E-state index in [4.69, 9.17) is 9.84 Å². The van der Waals surface area contributed by atoms with Crippen molar-refractivity contribution in [3.05, 3.63) is 65.2 Å². The molecule has 0 saturated carbocycles. The highest BCUT2D eigenvalue weighted by molar-refractivity contribution is 5.92. The summed E-state index contributed by atoms with van der Waals surface area (Å²) in [4.78, 5) is 10.9.